The normalized spacial score (nSPS) is 10.4. The molecule has 0 radical (unpaired) electrons. The standard InChI is InChI=1S/C26H28N2O5/c1-3-16-32-22-7-4-20(5-8-22)23(29)9-11-26(30)28-21-6-10-24(31-2)25(17-21)33-18-19-12-14-27-15-13-19/h4-8,10,12-15,17H,3,9,11,16,18H2,1-2H3,(H,28,30). The van der Waals surface area contributed by atoms with Gasteiger partial charge in [0.15, 0.2) is 17.3 Å². The third-order valence-electron chi connectivity index (χ3n) is 4.82. The minimum absolute atomic E-state index is 0.0756. The molecule has 1 heterocycles. The van der Waals surface area contributed by atoms with E-state index in [4.69, 9.17) is 14.2 Å². The molecule has 33 heavy (non-hydrogen) atoms. The van der Waals surface area contributed by atoms with Crippen LogP contribution in [0.25, 0.3) is 0 Å². The molecular weight excluding hydrogens is 420 g/mol. The molecule has 7 heteroatoms. The highest BCUT2D eigenvalue weighted by Crippen LogP contribution is 2.31. The van der Waals surface area contributed by atoms with Crippen molar-refractivity contribution < 1.29 is 23.8 Å². The largest absolute Gasteiger partial charge is 0.494 e. The Morgan fingerprint density at radius 3 is 2.36 bits per heavy atom. The smallest absolute Gasteiger partial charge is 0.224 e. The van der Waals surface area contributed by atoms with E-state index in [0.29, 0.717) is 36.0 Å². The molecule has 0 aliphatic rings. The molecule has 0 saturated carbocycles. The molecule has 0 saturated heterocycles. The number of Topliss-reactive ketones (excluding diaryl/α,β-unsaturated/α-hetero) is 1. The number of aromatic nitrogens is 1. The first-order valence-electron chi connectivity index (χ1n) is 10.8. The van der Waals surface area contributed by atoms with Gasteiger partial charge in [-0.05, 0) is 60.5 Å². The average Bonchev–Trinajstić information content (AvgIpc) is 2.86. The van der Waals surface area contributed by atoms with E-state index in [-0.39, 0.29) is 24.5 Å². The van der Waals surface area contributed by atoms with Gasteiger partial charge in [0.1, 0.15) is 12.4 Å². The summed E-state index contributed by atoms with van der Waals surface area (Å²) in [6, 6.07) is 15.9. The summed E-state index contributed by atoms with van der Waals surface area (Å²) < 4.78 is 16.7. The van der Waals surface area contributed by atoms with Crippen molar-refractivity contribution in [3.05, 3.63) is 78.1 Å². The van der Waals surface area contributed by atoms with Gasteiger partial charge in [-0.1, -0.05) is 6.92 Å². The maximum atomic E-state index is 12.4. The number of ketones is 1. The predicted octanol–water partition coefficient (Wildman–Crippen LogP) is 5.06. The van der Waals surface area contributed by atoms with Crippen LogP contribution in [0.1, 0.15) is 42.1 Å². The van der Waals surface area contributed by atoms with Crippen molar-refractivity contribution in [2.45, 2.75) is 32.8 Å². The number of nitrogens with one attached hydrogen (secondary N) is 1. The van der Waals surface area contributed by atoms with Crippen LogP contribution in [0.3, 0.4) is 0 Å². The number of methoxy groups -OCH3 is 1. The Labute approximate surface area is 193 Å². The summed E-state index contributed by atoms with van der Waals surface area (Å²) in [5.41, 5.74) is 2.09. The van der Waals surface area contributed by atoms with E-state index >= 15 is 0 Å². The van der Waals surface area contributed by atoms with Gasteiger partial charge in [0.25, 0.3) is 0 Å². The Kier molecular flexibility index (Phi) is 8.82. The highest BCUT2D eigenvalue weighted by atomic mass is 16.5. The average molecular weight is 449 g/mol. The number of hydrogen-bond acceptors (Lipinski definition) is 6. The maximum absolute atomic E-state index is 12.4. The van der Waals surface area contributed by atoms with E-state index in [9.17, 15) is 9.59 Å². The number of carbonyl (C=O) groups is 2. The van der Waals surface area contributed by atoms with Crippen LogP contribution in [-0.2, 0) is 11.4 Å². The van der Waals surface area contributed by atoms with E-state index in [1.54, 1.807) is 62.0 Å². The van der Waals surface area contributed by atoms with Crippen LogP contribution in [0.5, 0.6) is 17.2 Å². The number of ether oxygens (including phenoxy) is 3. The van der Waals surface area contributed by atoms with E-state index < -0.39 is 0 Å². The van der Waals surface area contributed by atoms with Gasteiger partial charge in [-0.2, -0.15) is 0 Å². The van der Waals surface area contributed by atoms with Gasteiger partial charge in [0.05, 0.1) is 13.7 Å². The molecule has 3 aromatic rings. The molecule has 0 aliphatic carbocycles. The lowest BCUT2D eigenvalue weighted by Gasteiger charge is -2.13. The molecule has 1 amide bonds. The SMILES string of the molecule is CCCOc1ccc(C(=O)CCC(=O)Nc2ccc(OC)c(OCc3ccncc3)c2)cc1. The van der Waals surface area contributed by atoms with E-state index in [1.165, 1.54) is 0 Å². The minimum atomic E-state index is -0.253. The zero-order valence-electron chi connectivity index (χ0n) is 18.9. The second-order valence-electron chi connectivity index (χ2n) is 7.35. The highest BCUT2D eigenvalue weighted by molar-refractivity contribution is 6.00. The third-order valence-corrected chi connectivity index (χ3v) is 4.82. The molecule has 0 atom stereocenters. The summed E-state index contributed by atoms with van der Waals surface area (Å²) in [5.74, 6) is 1.45. The fourth-order valence-corrected chi connectivity index (χ4v) is 3.06. The Morgan fingerprint density at radius 1 is 0.909 bits per heavy atom. The molecule has 1 aromatic heterocycles. The zero-order valence-corrected chi connectivity index (χ0v) is 18.9. The number of hydrogen-bond donors (Lipinski definition) is 1. The van der Waals surface area contributed by atoms with Crippen molar-refractivity contribution in [2.75, 3.05) is 19.0 Å². The summed E-state index contributed by atoms with van der Waals surface area (Å²) in [6.45, 7) is 3.01. The molecular formula is C26H28N2O5. The lowest BCUT2D eigenvalue weighted by atomic mass is 10.1. The summed E-state index contributed by atoms with van der Waals surface area (Å²) >= 11 is 0. The number of amides is 1. The maximum Gasteiger partial charge on any atom is 0.224 e. The van der Waals surface area contributed by atoms with Crippen molar-refractivity contribution in [1.82, 2.24) is 4.98 Å². The van der Waals surface area contributed by atoms with E-state index in [2.05, 4.69) is 10.3 Å². The second-order valence-corrected chi connectivity index (χ2v) is 7.35. The monoisotopic (exact) mass is 448 g/mol. The highest BCUT2D eigenvalue weighted by Gasteiger charge is 2.12. The van der Waals surface area contributed by atoms with Crippen molar-refractivity contribution >= 4 is 17.4 Å². The zero-order chi connectivity index (χ0) is 23.5. The quantitative estimate of drug-likeness (QED) is 0.390. The Balaban J connectivity index is 1.53. The summed E-state index contributed by atoms with van der Waals surface area (Å²) in [7, 11) is 1.56. The molecule has 0 unspecified atom stereocenters. The first-order valence-corrected chi connectivity index (χ1v) is 10.8. The van der Waals surface area contributed by atoms with Crippen LogP contribution in [0.4, 0.5) is 5.69 Å². The molecule has 7 nitrogen and oxygen atoms in total. The lowest BCUT2D eigenvalue weighted by Crippen LogP contribution is -2.13. The number of nitrogens with zero attached hydrogens (tertiary/aromatic N) is 1. The molecule has 3 rings (SSSR count). The van der Waals surface area contributed by atoms with Gasteiger partial charge in [-0.15, -0.1) is 0 Å². The van der Waals surface area contributed by atoms with Crippen LogP contribution in [0, 0.1) is 0 Å². The summed E-state index contributed by atoms with van der Waals surface area (Å²) in [4.78, 5) is 28.8. The van der Waals surface area contributed by atoms with Crippen molar-refractivity contribution in [1.29, 1.82) is 0 Å². The number of pyridine rings is 1. The molecule has 1 N–H and O–H groups in total. The molecule has 0 aliphatic heterocycles. The van der Waals surface area contributed by atoms with Crippen molar-refractivity contribution in [3.8, 4) is 17.2 Å². The van der Waals surface area contributed by atoms with E-state index in [1.807, 2.05) is 19.1 Å². The van der Waals surface area contributed by atoms with Crippen molar-refractivity contribution in [2.24, 2.45) is 0 Å². The molecule has 0 spiro atoms. The van der Waals surface area contributed by atoms with Crippen LogP contribution < -0.4 is 19.5 Å². The lowest BCUT2D eigenvalue weighted by molar-refractivity contribution is -0.116. The van der Waals surface area contributed by atoms with Gasteiger partial charge in [-0.25, -0.2) is 0 Å². The van der Waals surface area contributed by atoms with Crippen molar-refractivity contribution in [3.63, 3.8) is 0 Å². The van der Waals surface area contributed by atoms with Crippen LogP contribution in [-0.4, -0.2) is 30.4 Å². The number of benzene rings is 2. The Morgan fingerprint density at radius 2 is 1.67 bits per heavy atom. The second kappa shape index (κ2) is 12.2. The van der Waals surface area contributed by atoms with Gasteiger partial charge in [0, 0.05) is 42.6 Å². The number of anilines is 1. The summed E-state index contributed by atoms with van der Waals surface area (Å²) in [5, 5.41) is 2.81. The van der Waals surface area contributed by atoms with Gasteiger partial charge < -0.3 is 19.5 Å². The first kappa shape index (κ1) is 23.8. The fraction of sp³-hybridized carbons (Fsp3) is 0.269. The first-order chi connectivity index (χ1) is 16.1. The molecule has 2 aromatic carbocycles. The Hall–Kier alpha value is -3.87. The third kappa shape index (κ3) is 7.35. The number of carbonyl (C=O) groups excluding carboxylic acids is 2. The molecule has 0 fully saturated rings. The minimum Gasteiger partial charge on any atom is -0.494 e. The predicted molar refractivity (Wildman–Crippen MR) is 126 cm³/mol. The van der Waals surface area contributed by atoms with Gasteiger partial charge in [0.2, 0.25) is 5.91 Å². The summed E-state index contributed by atoms with van der Waals surface area (Å²) in [6.07, 6.45) is 4.50. The molecule has 0 bridgehead atoms. The Bertz CT molecular complexity index is 1050. The van der Waals surface area contributed by atoms with Crippen LogP contribution >= 0.6 is 0 Å². The topological polar surface area (TPSA) is 86.8 Å². The fourth-order valence-electron chi connectivity index (χ4n) is 3.06. The number of rotatable bonds is 12. The van der Waals surface area contributed by atoms with Gasteiger partial charge in [-0.3, -0.25) is 14.6 Å². The molecule has 172 valence electrons. The van der Waals surface area contributed by atoms with Crippen LogP contribution in [0.2, 0.25) is 0 Å². The van der Waals surface area contributed by atoms with Crippen LogP contribution in [0.15, 0.2) is 67.0 Å². The van der Waals surface area contributed by atoms with Gasteiger partial charge >= 0.3 is 0 Å². The van der Waals surface area contributed by atoms with E-state index in [0.717, 1.165) is 17.7 Å².